The number of unbranched alkanes of at least 4 members (excludes halogenated alkanes) is 21. The van der Waals surface area contributed by atoms with E-state index in [-0.39, 0.29) is 37.5 Å². The van der Waals surface area contributed by atoms with E-state index in [4.69, 9.17) is 14.2 Å². The van der Waals surface area contributed by atoms with Gasteiger partial charge in [0.05, 0.1) is 0 Å². The molecule has 0 aromatic heterocycles. The summed E-state index contributed by atoms with van der Waals surface area (Å²) in [6, 6.07) is 0. The summed E-state index contributed by atoms with van der Waals surface area (Å²) in [7, 11) is 0. The summed E-state index contributed by atoms with van der Waals surface area (Å²) in [5, 5.41) is 0. The maximum absolute atomic E-state index is 12.9. The molecule has 440 valence electrons. The molecule has 0 aliphatic heterocycles. The van der Waals surface area contributed by atoms with E-state index in [0.29, 0.717) is 19.3 Å². The predicted octanol–water partition coefficient (Wildman–Crippen LogP) is 21.9. The van der Waals surface area contributed by atoms with Crippen molar-refractivity contribution in [3.8, 4) is 0 Å². The van der Waals surface area contributed by atoms with E-state index in [2.05, 4.69) is 167 Å². The highest BCUT2D eigenvalue weighted by molar-refractivity contribution is 5.71. The van der Waals surface area contributed by atoms with Gasteiger partial charge in [0.15, 0.2) is 6.10 Å². The molecular formula is C72H116O6. The molecule has 0 spiro atoms. The van der Waals surface area contributed by atoms with E-state index in [0.717, 1.165) is 135 Å². The van der Waals surface area contributed by atoms with E-state index in [9.17, 15) is 14.4 Å². The number of rotatable bonds is 56. The van der Waals surface area contributed by atoms with Crippen molar-refractivity contribution in [2.75, 3.05) is 13.2 Å². The van der Waals surface area contributed by atoms with Crippen LogP contribution in [-0.4, -0.2) is 37.2 Å². The lowest BCUT2D eigenvalue weighted by molar-refractivity contribution is -0.167. The van der Waals surface area contributed by atoms with E-state index in [1.807, 2.05) is 0 Å². The van der Waals surface area contributed by atoms with Gasteiger partial charge in [-0.2, -0.15) is 0 Å². The third kappa shape index (κ3) is 62.1. The first-order chi connectivity index (χ1) is 38.5. The van der Waals surface area contributed by atoms with Crippen molar-refractivity contribution < 1.29 is 28.6 Å². The van der Waals surface area contributed by atoms with Gasteiger partial charge in [-0.15, -0.1) is 0 Å². The first kappa shape index (κ1) is 73.3. The average molecular weight is 1080 g/mol. The molecule has 0 amide bonds. The Morgan fingerprint density at radius 1 is 0.269 bits per heavy atom. The summed E-state index contributed by atoms with van der Waals surface area (Å²) in [6.45, 7) is 6.31. The molecule has 6 heteroatoms. The topological polar surface area (TPSA) is 78.9 Å². The highest BCUT2D eigenvalue weighted by Crippen LogP contribution is 2.15. The molecule has 0 heterocycles. The summed E-state index contributed by atoms with van der Waals surface area (Å²) in [4.78, 5) is 38.3. The molecule has 0 saturated heterocycles. The van der Waals surface area contributed by atoms with E-state index in [1.165, 1.54) is 89.9 Å². The molecule has 1 unspecified atom stereocenters. The minimum atomic E-state index is -0.820. The molecule has 0 radical (unpaired) electrons. The summed E-state index contributed by atoms with van der Waals surface area (Å²) in [5.74, 6) is -0.985. The van der Waals surface area contributed by atoms with Crippen LogP contribution in [0.2, 0.25) is 0 Å². The Bertz CT molecular complexity index is 1710. The number of allylic oxidation sites excluding steroid dienone is 24. The molecule has 0 rings (SSSR count). The summed E-state index contributed by atoms with van der Waals surface area (Å²) < 4.78 is 16.8. The molecule has 78 heavy (non-hydrogen) atoms. The van der Waals surface area contributed by atoms with Gasteiger partial charge in [0.1, 0.15) is 13.2 Å². The number of carbonyl (C=O) groups is 3. The summed E-state index contributed by atoms with van der Waals surface area (Å²) in [5.41, 5.74) is 0. The van der Waals surface area contributed by atoms with Crippen molar-refractivity contribution in [1.82, 2.24) is 0 Å². The SMILES string of the molecule is CC/C=C\C/C=C\C/C=C\C/C=C\C/C=C\CCCCCCCCCCCCCCCC(=O)OCC(COC(=O)CCCCCCC/C=C\C/C=C\CCCC)OC(=O)CCC/C=C\C/C=C\C/C=C\C/C=C\C/C=C\CC. The number of esters is 3. The lowest BCUT2D eigenvalue weighted by atomic mass is 10.0. The van der Waals surface area contributed by atoms with Gasteiger partial charge in [0, 0.05) is 19.3 Å². The van der Waals surface area contributed by atoms with Crippen LogP contribution in [0.15, 0.2) is 146 Å². The monoisotopic (exact) mass is 1080 g/mol. The average Bonchev–Trinajstić information content (AvgIpc) is 3.44. The molecule has 0 bridgehead atoms. The molecular weight excluding hydrogens is 961 g/mol. The largest absolute Gasteiger partial charge is 0.462 e. The Labute approximate surface area is 480 Å². The van der Waals surface area contributed by atoms with Crippen LogP contribution in [0.25, 0.3) is 0 Å². The highest BCUT2D eigenvalue weighted by Gasteiger charge is 2.19. The standard InChI is InChI=1S/C72H116O6/c1-4-7-10-13-16-19-22-25-28-30-31-32-33-34-35-36-37-38-39-40-41-43-44-47-50-53-56-59-62-65-71(74)77-68-69(67-76-70(73)64-61-58-55-52-49-46-27-24-21-18-15-12-9-6-3)78-72(75)66-63-60-57-54-51-48-45-42-29-26-23-20-17-14-11-8-5-2/h7-8,10-11,15-20,24-29,31-32,34-35,45,48,54,57,69H,4-6,9,12-14,21-23,30,33,36-44,46-47,49-53,55-56,58-68H2,1-3H3/b10-7-,11-8-,18-15-,19-16-,20-17-,27-24-,28-25-,29-26-,32-31-,35-34-,48-45-,57-54-. The zero-order valence-electron chi connectivity index (χ0n) is 50.4. The highest BCUT2D eigenvalue weighted by atomic mass is 16.6. The zero-order chi connectivity index (χ0) is 56.4. The predicted molar refractivity (Wildman–Crippen MR) is 339 cm³/mol. The zero-order valence-corrected chi connectivity index (χ0v) is 50.4. The Hall–Kier alpha value is -4.71. The Morgan fingerprint density at radius 3 is 0.821 bits per heavy atom. The lowest BCUT2D eigenvalue weighted by Crippen LogP contribution is -2.30. The second-order valence-electron chi connectivity index (χ2n) is 20.5. The van der Waals surface area contributed by atoms with Crippen LogP contribution in [0, 0.1) is 0 Å². The van der Waals surface area contributed by atoms with Gasteiger partial charge in [0.25, 0.3) is 0 Å². The number of hydrogen-bond acceptors (Lipinski definition) is 6. The summed E-state index contributed by atoms with van der Waals surface area (Å²) in [6.07, 6.45) is 92.9. The van der Waals surface area contributed by atoms with Crippen LogP contribution in [0.3, 0.4) is 0 Å². The van der Waals surface area contributed by atoms with Crippen molar-refractivity contribution in [1.29, 1.82) is 0 Å². The molecule has 0 aliphatic rings. The van der Waals surface area contributed by atoms with Crippen LogP contribution in [0.1, 0.15) is 271 Å². The second-order valence-corrected chi connectivity index (χ2v) is 20.5. The van der Waals surface area contributed by atoms with E-state index < -0.39 is 6.10 Å². The number of ether oxygens (including phenoxy) is 3. The third-order valence-corrected chi connectivity index (χ3v) is 13.1. The van der Waals surface area contributed by atoms with Crippen molar-refractivity contribution in [3.63, 3.8) is 0 Å². The Balaban J connectivity index is 4.36. The number of carbonyl (C=O) groups excluding carboxylic acids is 3. The third-order valence-electron chi connectivity index (χ3n) is 13.1. The lowest BCUT2D eigenvalue weighted by Gasteiger charge is -2.18. The molecule has 0 aliphatic carbocycles. The quantitative estimate of drug-likeness (QED) is 0.0261. The fourth-order valence-corrected chi connectivity index (χ4v) is 8.35. The first-order valence-electron chi connectivity index (χ1n) is 31.8. The fourth-order valence-electron chi connectivity index (χ4n) is 8.35. The Morgan fingerprint density at radius 2 is 0.513 bits per heavy atom. The smallest absolute Gasteiger partial charge is 0.306 e. The van der Waals surface area contributed by atoms with E-state index >= 15 is 0 Å². The van der Waals surface area contributed by atoms with Gasteiger partial charge >= 0.3 is 17.9 Å². The molecule has 0 N–H and O–H groups in total. The molecule has 0 aromatic carbocycles. The maximum atomic E-state index is 12.9. The van der Waals surface area contributed by atoms with Crippen LogP contribution in [0.5, 0.6) is 0 Å². The van der Waals surface area contributed by atoms with Crippen LogP contribution >= 0.6 is 0 Å². The van der Waals surface area contributed by atoms with Gasteiger partial charge in [-0.25, -0.2) is 0 Å². The van der Waals surface area contributed by atoms with Gasteiger partial charge in [-0.05, 0) is 128 Å². The van der Waals surface area contributed by atoms with Gasteiger partial charge < -0.3 is 14.2 Å². The molecule has 6 nitrogen and oxygen atoms in total. The minimum absolute atomic E-state index is 0.110. The minimum Gasteiger partial charge on any atom is -0.462 e. The molecule has 0 saturated carbocycles. The van der Waals surface area contributed by atoms with Gasteiger partial charge in [-0.1, -0.05) is 269 Å². The first-order valence-corrected chi connectivity index (χ1v) is 31.8. The molecule has 0 fully saturated rings. The number of hydrogen-bond donors (Lipinski definition) is 0. The van der Waals surface area contributed by atoms with Crippen LogP contribution in [-0.2, 0) is 28.6 Å². The van der Waals surface area contributed by atoms with Crippen molar-refractivity contribution in [2.45, 2.75) is 277 Å². The maximum Gasteiger partial charge on any atom is 0.306 e. The normalized spacial score (nSPS) is 13.1. The van der Waals surface area contributed by atoms with Crippen LogP contribution in [0.4, 0.5) is 0 Å². The van der Waals surface area contributed by atoms with E-state index in [1.54, 1.807) is 0 Å². The molecule has 0 aromatic rings. The Kier molecular flexibility index (Phi) is 60.9. The summed E-state index contributed by atoms with van der Waals surface area (Å²) >= 11 is 0. The van der Waals surface area contributed by atoms with Crippen LogP contribution < -0.4 is 0 Å². The van der Waals surface area contributed by atoms with Gasteiger partial charge in [-0.3, -0.25) is 14.4 Å². The second kappa shape index (κ2) is 64.8. The fraction of sp³-hybridized carbons (Fsp3) is 0.625. The van der Waals surface area contributed by atoms with Crippen molar-refractivity contribution >= 4 is 17.9 Å². The van der Waals surface area contributed by atoms with Crippen molar-refractivity contribution in [3.05, 3.63) is 146 Å². The van der Waals surface area contributed by atoms with Gasteiger partial charge in [0.2, 0.25) is 0 Å². The molecule has 1 atom stereocenters. The van der Waals surface area contributed by atoms with Crippen molar-refractivity contribution in [2.24, 2.45) is 0 Å².